The van der Waals surface area contributed by atoms with E-state index in [0.29, 0.717) is 28.0 Å². The molecule has 0 saturated carbocycles. The van der Waals surface area contributed by atoms with Gasteiger partial charge in [0.05, 0.1) is 24.6 Å². The van der Waals surface area contributed by atoms with Gasteiger partial charge < -0.3 is 20.1 Å². The second kappa shape index (κ2) is 14.2. The zero-order valence-electron chi connectivity index (χ0n) is 22.8. The number of ether oxygens (including phenoxy) is 2. The number of nitrogens with zero attached hydrogens (tertiary/aromatic N) is 1. The van der Waals surface area contributed by atoms with Crippen molar-refractivity contribution in [2.24, 2.45) is 5.92 Å². The van der Waals surface area contributed by atoms with Crippen LogP contribution in [0.1, 0.15) is 40.0 Å². The van der Waals surface area contributed by atoms with Crippen molar-refractivity contribution in [1.82, 2.24) is 10.3 Å². The normalized spacial score (nSPS) is 12.5. The van der Waals surface area contributed by atoms with E-state index in [1.807, 2.05) is 66.7 Å². The van der Waals surface area contributed by atoms with Gasteiger partial charge in [0, 0.05) is 18.1 Å². The maximum Gasteiger partial charge on any atom is 0.408 e. The van der Waals surface area contributed by atoms with Gasteiger partial charge in [0.2, 0.25) is 5.91 Å². The highest BCUT2D eigenvalue weighted by molar-refractivity contribution is 5.95. The van der Waals surface area contributed by atoms with Gasteiger partial charge in [-0.25, -0.2) is 9.59 Å². The summed E-state index contributed by atoms with van der Waals surface area (Å²) >= 11 is 0. The number of methoxy groups -OCH3 is 1. The minimum atomic E-state index is -0.735. The van der Waals surface area contributed by atoms with Crippen LogP contribution in [0.25, 0.3) is 5.57 Å². The largest absolute Gasteiger partial charge is 0.465 e. The van der Waals surface area contributed by atoms with Gasteiger partial charge in [-0.15, -0.1) is 0 Å². The molecular formula is C33H31N3O5. The van der Waals surface area contributed by atoms with Gasteiger partial charge in [0.15, 0.2) is 0 Å². The molecule has 3 aromatic carbocycles. The molecule has 0 saturated heterocycles. The van der Waals surface area contributed by atoms with Gasteiger partial charge >= 0.3 is 12.1 Å². The van der Waals surface area contributed by atoms with Gasteiger partial charge in [-0.3, -0.25) is 9.78 Å². The van der Waals surface area contributed by atoms with Crippen molar-refractivity contribution in [2.75, 3.05) is 12.4 Å². The number of pyridine rings is 1. The maximum atomic E-state index is 13.1. The average molecular weight is 550 g/mol. The SMILES string of the molecule is COC(=O)c1ccc(C(NC(=O)OCc2ccccc2)/C(=C/[C@@H](C)C(=O)Nc2ccccc2)c2cccnc2)cc1. The van der Waals surface area contributed by atoms with Gasteiger partial charge in [-0.1, -0.05) is 79.7 Å². The molecular weight excluding hydrogens is 518 g/mol. The summed E-state index contributed by atoms with van der Waals surface area (Å²) in [6, 6.07) is 28.1. The van der Waals surface area contributed by atoms with E-state index in [1.165, 1.54) is 7.11 Å². The number of rotatable bonds is 10. The Kier molecular flexibility index (Phi) is 9.98. The minimum Gasteiger partial charge on any atom is -0.465 e. The number of amides is 2. The molecule has 4 rings (SSSR count). The monoisotopic (exact) mass is 549 g/mol. The van der Waals surface area contributed by atoms with Crippen molar-refractivity contribution in [3.63, 3.8) is 0 Å². The highest BCUT2D eigenvalue weighted by Crippen LogP contribution is 2.32. The molecule has 41 heavy (non-hydrogen) atoms. The Morgan fingerprint density at radius 2 is 1.54 bits per heavy atom. The first kappa shape index (κ1) is 28.8. The molecule has 8 nitrogen and oxygen atoms in total. The molecule has 0 aliphatic carbocycles. The first-order chi connectivity index (χ1) is 19.9. The molecule has 2 N–H and O–H groups in total. The van der Waals surface area contributed by atoms with Gasteiger partial charge in [0.25, 0.3) is 0 Å². The molecule has 0 bridgehead atoms. The molecule has 2 atom stereocenters. The molecule has 0 radical (unpaired) electrons. The van der Waals surface area contributed by atoms with Crippen LogP contribution >= 0.6 is 0 Å². The van der Waals surface area contributed by atoms with E-state index in [2.05, 4.69) is 15.6 Å². The van der Waals surface area contributed by atoms with Gasteiger partial charge in [-0.2, -0.15) is 0 Å². The first-order valence-electron chi connectivity index (χ1n) is 13.1. The van der Waals surface area contributed by atoms with Crippen molar-refractivity contribution in [1.29, 1.82) is 0 Å². The third-order valence-electron chi connectivity index (χ3n) is 6.33. The summed E-state index contributed by atoms with van der Waals surface area (Å²) in [4.78, 5) is 42.5. The smallest absolute Gasteiger partial charge is 0.408 e. The van der Waals surface area contributed by atoms with E-state index in [9.17, 15) is 14.4 Å². The Morgan fingerprint density at radius 1 is 0.854 bits per heavy atom. The summed E-state index contributed by atoms with van der Waals surface area (Å²) in [5.74, 6) is -1.27. The molecule has 8 heteroatoms. The zero-order valence-corrected chi connectivity index (χ0v) is 22.8. The van der Waals surface area contributed by atoms with Crippen LogP contribution in [-0.4, -0.2) is 30.1 Å². The van der Waals surface area contributed by atoms with E-state index in [4.69, 9.17) is 9.47 Å². The topological polar surface area (TPSA) is 107 Å². The van der Waals surface area contributed by atoms with Crippen molar-refractivity contribution >= 4 is 29.2 Å². The summed E-state index contributed by atoms with van der Waals surface area (Å²) in [5.41, 5.74) is 3.90. The molecule has 2 amide bonds. The lowest BCUT2D eigenvalue weighted by molar-refractivity contribution is -0.118. The third kappa shape index (κ3) is 8.12. The van der Waals surface area contributed by atoms with Crippen molar-refractivity contribution in [2.45, 2.75) is 19.6 Å². The molecule has 0 aliphatic heterocycles. The number of alkyl carbamates (subject to hydrolysis) is 1. The lowest BCUT2D eigenvalue weighted by Crippen LogP contribution is -2.30. The van der Waals surface area contributed by atoms with Crippen LogP contribution in [0.3, 0.4) is 0 Å². The number of anilines is 1. The summed E-state index contributed by atoms with van der Waals surface area (Å²) in [7, 11) is 1.31. The van der Waals surface area contributed by atoms with Crippen molar-refractivity contribution in [3.8, 4) is 0 Å². The number of hydrogen-bond donors (Lipinski definition) is 2. The minimum absolute atomic E-state index is 0.0858. The quantitative estimate of drug-likeness (QED) is 0.228. The number of carbonyl (C=O) groups excluding carboxylic acids is 3. The van der Waals surface area contributed by atoms with Crippen LogP contribution in [-0.2, 0) is 20.9 Å². The van der Waals surface area contributed by atoms with Crippen LogP contribution in [0.4, 0.5) is 10.5 Å². The standard InChI is InChI=1S/C33H31N3O5/c1-23(31(37)35-28-13-7-4-8-14-28)20-29(27-12-9-19-34-21-27)30(25-15-17-26(18-16-25)32(38)40-2)36-33(39)41-22-24-10-5-3-6-11-24/h3-21,23,30H,22H2,1-2H3,(H,35,37)(H,36,39)/b29-20+/t23-,30?/m1/s1. The molecule has 1 unspecified atom stereocenters. The number of aromatic nitrogens is 1. The number of para-hydroxylation sites is 1. The number of nitrogens with one attached hydrogen (secondary N) is 2. The Bertz CT molecular complexity index is 1470. The third-order valence-corrected chi connectivity index (χ3v) is 6.33. The highest BCUT2D eigenvalue weighted by atomic mass is 16.5. The van der Waals surface area contributed by atoms with Gasteiger partial charge in [-0.05, 0) is 52.6 Å². The fraction of sp³-hybridized carbons (Fsp3) is 0.152. The summed E-state index contributed by atoms with van der Waals surface area (Å²) in [6.45, 7) is 1.86. The van der Waals surface area contributed by atoms with Crippen LogP contribution in [0.15, 0.2) is 116 Å². The lowest BCUT2D eigenvalue weighted by Gasteiger charge is -2.24. The average Bonchev–Trinajstić information content (AvgIpc) is 3.02. The zero-order chi connectivity index (χ0) is 29.0. The van der Waals surface area contributed by atoms with Crippen molar-refractivity contribution < 1.29 is 23.9 Å². The molecule has 4 aromatic rings. The highest BCUT2D eigenvalue weighted by Gasteiger charge is 2.24. The first-order valence-corrected chi connectivity index (χ1v) is 13.1. The van der Waals surface area contributed by atoms with Crippen LogP contribution < -0.4 is 10.6 Å². The predicted molar refractivity (Wildman–Crippen MR) is 157 cm³/mol. The lowest BCUT2D eigenvalue weighted by atomic mass is 9.90. The van der Waals surface area contributed by atoms with Crippen LogP contribution in [0, 0.1) is 5.92 Å². The van der Waals surface area contributed by atoms with Crippen molar-refractivity contribution in [3.05, 3.63) is 138 Å². The van der Waals surface area contributed by atoms with E-state index < -0.39 is 24.0 Å². The summed E-state index contributed by atoms with van der Waals surface area (Å²) < 4.78 is 10.4. The maximum absolute atomic E-state index is 13.1. The van der Waals surface area contributed by atoms with Crippen LogP contribution in [0.5, 0.6) is 0 Å². The number of benzene rings is 3. The van der Waals surface area contributed by atoms with Gasteiger partial charge in [0.1, 0.15) is 6.61 Å². The molecule has 0 fully saturated rings. The fourth-order valence-electron chi connectivity index (χ4n) is 4.17. The Hall–Kier alpha value is -5.24. The predicted octanol–water partition coefficient (Wildman–Crippen LogP) is 6.19. The molecule has 0 spiro atoms. The van der Waals surface area contributed by atoms with E-state index in [1.54, 1.807) is 55.7 Å². The number of hydrogen-bond acceptors (Lipinski definition) is 6. The summed E-state index contributed by atoms with van der Waals surface area (Å²) in [6.07, 6.45) is 4.47. The Morgan fingerprint density at radius 3 is 2.17 bits per heavy atom. The Balaban J connectivity index is 1.68. The second-order valence-electron chi connectivity index (χ2n) is 9.26. The van der Waals surface area contributed by atoms with Crippen LogP contribution in [0.2, 0.25) is 0 Å². The Labute approximate surface area is 239 Å². The van der Waals surface area contributed by atoms with E-state index in [-0.39, 0.29) is 12.5 Å². The molecule has 208 valence electrons. The molecule has 1 heterocycles. The number of esters is 1. The summed E-state index contributed by atoms with van der Waals surface area (Å²) in [5, 5.41) is 5.87. The second-order valence-corrected chi connectivity index (χ2v) is 9.26. The fourth-order valence-corrected chi connectivity index (χ4v) is 4.17. The number of carbonyl (C=O) groups is 3. The van der Waals surface area contributed by atoms with E-state index in [0.717, 1.165) is 5.56 Å². The van der Waals surface area contributed by atoms with E-state index >= 15 is 0 Å². The molecule has 0 aliphatic rings. The molecule has 1 aromatic heterocycles.